The molecule has 0 N–H and O–H groups in total. The number of carbonyl (C=O) groups is 4. The van der Waals surface area contributed by atoms with E-state index < -0.39 is 9.84 Å². The molecule has 0 bridgehead atoms. The van der Waals surface area contributed by atoms with E-state index >= 15 is 0 Å². The van der Waals surface area contributed by atoms with Gasteiger partial charge in [-0.25, -0.2) is 18.2 Å². The number of benzene rings is 2. The van der Waals surface area contributed by atoms with Gasteiger partial charge in [0.2, 0.25) is 9.84 Å². The van der Waals surface area contributed by atoms with Crippen LogP contribution in [-0.4, -0.2) is 32.0 Å². The Labute approximate surface area is 212 Å². The van der Waals surface area contributed by atoms with E-state index in [4.69, 9.17) is 0 Å². The predicted octanol–water partition coefficient (Wildman–Crippen LogP) is 3.56. The lowest BCUT2D eigenvalue weighted by Gasteiger charge is -2.16. The van der Waals surface area contributed by atoms with Crippen molar-refractivity contribution >= 4 is 44.8 Å². The molecule has 0 saturated carbocycles. The van der Waals surface area contributed by atoms with E-state index in [1.165, 1.54) is 48.5 Å². The summed E-state index contributed by atoms with van der Waals surface area (Å²) in [4.78, 5) is 53.2. The molecule has 6 rings (SSSR count). The highest BCUT2D eigenvalue weighted by Crippen LogP contribution is 2.36. The predicted molar refractivity (Wildman–Crippen MR) is 134 cm³/mol. The van der Waals surface area contributed by atoms with Gasteiger partial charge in [0.25, 0.3) is 23.6 Å². The van der Waals surface area contributed by atoms with Gasteiger partial charge in [0.15, 0.2) is 0 Å². The molecule has 0 saturated heterocycles. The number of allylic oxidation sites excluding steroid dienone is 4. The minimum Gasteiger partial charge on any atom is -0.269 e. The number of carbonyl (C=O) groups excluding carboxylic acids is 4. The third kappa shape index (κ3) is 3.46. The van der Waals surface area contributed by atoms with Crippen LogP contribution in [0.2, 0.25) is 0 Å². The molecule has 2 aromatic carbocycles. The maximum Gasteiger partial charge on any atom is 0.262 e. The average molecular weight is 513 g/mol. The molecule has 4 amide bonds. The summed E-state index contributed by atoms with van der Waals surface area (Å²) in [7, 11) is -3.93. The zero-order chi connectivity index (χ0) is 25.9. The second kappa shape index (κ2) is 8.35. The molecule has 37 heavy (non-hydrogen) atoms. The quantitative estimate of drug-likeness (QED) is 0.458. The molecular weight excluding hydrogens is 492 g/mol. The van der Waals surface area contributed by atoms with E-state index in [-0.39, 0.29) is 33.4 Å². The first-order valence-electron chi connectivity index (χ1n) is 11.8. The van der Waals surface area contributed by atoms with Crippen molar-refractivity contribution < 1.29 is 27.6 Å². The van der Waals surface area contributed by atoms with Crippen LogP contribution >= 0.6 is 0 Å². The highest BCUT2D eigenvalue weighted by molar-refractivity contribution is 7.91. The molecule has 0 radical (unpaired) electrons. The standard InChI is InChI=1S/C28H20N2O6S/c31-25-21-5-1-2-6-22(21)26(32)29(25)17-9-13-19(14-10-17)37(35,36)20-15-11-18(12-16-20)30-27(33)23-7-3-4-8-24(23)28(30)34/h1-4,9-16H,5-8H2. The van der Waals surface area contributed by atoms with Crippen molar-refractivity contribution in [1.29, 1.82) is 0 Å². The Kier molecular flexibility index (Phi) is 5.20. The Morgan fingerprint density at radius 2 is 0.730 bits per heavy atom. The van der Waals surface area contributed by atoms with Crippen molar-refractivity contribution in [1.82, 2.24) is 0 Å². The highest BCUT2D eigenvalue weighted by Gasteiger charge is 2.40. The highest BCUT2D eigenvalue weighted by atomic mass is 32.2. The number of imide groups is 2. The zero-order valence-corrected chi connectivity index (χ0v) is 20.3. The van der Waals surface area contributed by atoms with E-state index in [0.717, 1.165) is 9.80 Å². The topological polar surface area (TPSA) is 109 Å². The summed E-state index contributed by atoms with van der Waals surface area (Å²) in [5.41, 5.74) is 2.52. The smallest absolute Gasteiger partial charge is 0.262 e. The minimum atomic E-state index is -3.93. The van der Waals surface area contributed by atoms with Crippen molar-refractivity contribution in [2.75, 3.05) is 9.80 Å². The Morgan fingerprint density at radius 3 is 1.00 bits per heavy atom. The molecule has 0 unspecified atom stereocenters. The van der Waals surface area contributed by atoms with E-state index in [0.29, 0.717) is 59.4 Å². The molecule has 2 aromatic rings. The van der Waals surface area contributed by atoms with Crippen LogP contribution in [0.5, 0.6) is 0 Å². The summed E-state index contributed by atoms with van der Waals surface area (Å²) in [6.07, 6.45) is 9.04. The zero-order valence-electron chi connectivity index (χ0n) is 19.5. The fourth-order valence-electron chi connectivity index (χ4n) is 5.04. The normalized spacial score (nSPS) is 19.4. The number of hydrogen-bond donors (Lipinski definition) is 0. The lowest BCUT2D eigenvalue weighted by molar-refractivity contribution is -0.122. The van der Waals surface area contributed by atoms with Gasteiger partial charge in [0.05, 0.1) is 21.2 Å². The minimum absolute atomic E-state index is 0.0148. The van der Waals surface area contributed by atoms with Crippen LogP contribution in [-0.2, 0) is 29.0 Å². The maximum atomic E-state index is 13.2. The van der Waals surface area contributed by atoms with Gasteiger partial charge in [-0.2, -0.15) is 0 Å². The van der Waals surface area contributed by atoms with Crippen LogP contribution < -0.4 is 9.80 Å². The van der Waals surface area contributed by atoms with E-state index in [9.17, 15) is 27.6 Å². The first-order chi connectivity index (χ1) is 17.8. The Bertz CT molecular complexity index is 1460. The largest absolute Gasteiger partial charge is 0.269 e. The molecule has 0 atom stereocenters. The van der Waals surface area contributed by atoms with Crippen molar-refractivity contribution in [2.24, 2.45) is 0 Å². The molecule has 0 aromatic heterocycles. The second-order valence-electron chi connectivity index (χ2n) is 9.06. The summed E-state index contributed by atoms with van der Waals surface area (Å²) in [6.45, 7) is 0. The van der Waals surface area contributed by atoms with Crippen LogP contribution in [0, 0.1) is 0 Å². The van der Waals surface area contributed by atoms with Crippen LogP contribution in [0.3, 0.4) is 0 Å². The SMILES string of the molecule is O=C1C2=C(CC=CC2)C(=O)N1c1ccc(S(=O)(=O)c2ccc(N3C(=O)C4=C(CC=CC4)C3=O)cc2)cc1. The second-order valence-corrected chi connectivity index (χ2v) is 11.0. The third-order valence-electron chi connectivity index (χ3n) is 7.01. The van der Waals surface area contributed by atoms with Gasteiger partial charge < -0.3 is 0 Å². The van der Waals surface area contributed by atoms with Crippen LogP contribution in [0.1, 0.15) is 25.7 Å². The Balaban J connectivity index is 1.23. The van der Waals surface area contributed by atoms with Gasteiger partial charge in [-0.1, -0.05) is 24.3 Å². The van der Waals surface area contributed by atoms with Gasteiger partial charge in [0, 0.05) is 22.3 Å². The molecule has 184 valence electrons. The molecule has 9 heteroatoms. The third-order valence-corrected chi connectivity index (χ3v) is 8.79. The molecular formula is C28H20N2O6S. The van der Waals surface area contributed by atoms with Crippen molar-refractivity contribution in [3.05, 3.63) is 95.1 Å². The summed E-state index contributed by atoms with van der Waals surface area (Å²) in [5, 5.41) is 0. The molecule has 0 fully saturated rings. The van der Waals surface area contributed by atoms with Gasteiger partial charge in [-0.05, 0) is 74.2 Å². The first kappa shape index (κ1) is 23.1. The molecule has 2 aliphatic heterocycles. The molecule has 0 spiro atoms. The number of anilines is 2. The summed E-state index contributed by atoms with van der Waals surface area (Å²) in [5.74, 6) is -1.52. The molecule has 2 aliphatic carbocycles. The van der Waals surface area contributed by atoms with Gasteiger partial charge in [-0.15, -0.1) is 0 Å². The number of rotatable bonds is 4. The van der Waals surface area contributed by atoms with Crippen LogP contribution in [0.15, 0.2) is 105 Å². The Morgan fingerprint density at radius 1 is 0.459 bits per heavy atom. The van der Waals surface area contributed by atoms with E-state index in [1.54, 1.807) is 0 Å². The van der Waals surface area contributed by atoms with E-state index in [2.05, 4.69) is 0 Å². The fraction of sp³-hybridized carbons (Fsp3) is 0.143. The molecule has 8 nitrogen and oxygen atoms in total. The maximum absolute atomic E-state index is 13.2. The number of hydrogen-bond acceptors (Lipinski definition) is 6. The van der Waals surface area contributed by atoms with Crippen molar-refractivity contribution in [3.63, 3.8) is 0 Å². The number of nitrogens with zero attached hydrogens (tertiary/aromatic N) is 2. The molecule has 2 heterocycles. The lowest BCUT2D eigenvalue weighted by atomic mass is 9.99. The number of amides is 4. The number of sulfone groups is 1. The summed E-state index contributed by atoms with van der Waals surface area (Å²) < 4.78 is 26.5. The van der Waals surface area contributed by atoms with Crippen LogP contribution in [0.4, 0.5) is 11.4 Å². The fourth-order valence-corrected chi connectivity index (χ4v) is 6.30. The van der Waals surface area contributed by atoms with Crippen molar-refractivity contribution in [2.45, 2.75) is 35.5 Å². The summed E-state index contributed by atoms with van der Waals surface area (Å²) in [6, 6.07) is 11.2. The van der Waals surface area contributed by atoms with Gasteiger partial charge >= 0.3 is 0 Å². The van der Waals surface area contributed by atoms with Crippen molar-refractivity contribution in [3.8, 4) is 0 Å². The Hall–Kier alpha value is -4.37. The average Bonchev–Trinajstić information content (AvgIpc) is 3.33. The van der Waals surface area contributed by atoms with Gasteiger partial charge in [0.1, 0.15) is 0 Å². The lowest BCUT2D eigenvalue weighted by Crippen LogP contribution is -2.31. The molecule has 4 aliphatic rings. The monoisotopic (exact) mass is 512 g/mol. The van der Waals surface area contributed by atoms with Crippen LogP contribution in [0.25, 0.3) is 0 Å². The van der Waals surface area contributed by atoms with Gasteiger partial charge in [-0.3, -0.25) is 19.2 Å². The first-order valence-corrected chi connectivity index (χ1v) is 13.2. The van der Waals surface area contributed by atoms with E-state index in [1.807, 2.05) is 24.3 Å². The summed E-state index contributed by atoms with van der Waals surface area (Å²) >= 11 is 0.